The summed E-state index contributed by atoms with van der Waals surface area (Å²) in [4.78, 5) is 14.8. The largest absolute Gasteiger partial charge is 0.338 e. The fourth-order valence-corrected chi connectivity index (χ4v) is 4.10. The Labute approximate surface area is 129 Å². The summed E-state index contributed by atoms with van der Waals surface area (Å²) in [5.74, 6) is 0. The first kappa shape index (κ1) is 16.3. The second-order valence-electron chi connectivity index (χ2n) is 5.15. The maximum atomic E-state index is 12.0. The van der Waals surface area contributed by atoms with E-state index in [1.54, 1.807) is 6.07 Å². The van der Waals surface area contributed by atoms with Crippen LogP contribution in [0, 0.1) is 0 Å². The van der Waals surface area contributed by atoms with Crippen LogP contribution < -0.4 is 10.5 Å². The number of hydrogen-bond acceptors (Lipinski definition) is 4. The van der Waals surface area contributed by atoms with Gasteiger partial charge in [0.15, 0.2) is 0 Å². The first-order valence-electron chi connectivity index (χ1n) is 7.11. The van der Waals surface area contributed by atoms with Gasteiger partial charge >= 0.3 is 6.03 Å². The number of sulfonamides is 1. The highest BCUT2D eigenvalue weighted by atomic mass is 32.2. The van der Waals surface area contributed by atoms with Gasteiger partial charge in [-0.2, -0.15) is 0 Å². The lowest BCUT2D eigenvalue weighted by atomic mass is 10.2. The van der Waals surface area contributed by atoms with Gasteiger partial charge in [-0.25, -0.2) is 18.4 Å². The van der Waals surface area contributed by atoms with E-state index in [0.29, 0.717) is 13.0 Å². The lowest BCUT2D eigenvalue weighted by Gasteiger charge is -2.20. The second-order valence-corrected chi connectivity index (χ2v) is 8.11. The van der Waals surface area contributed by atoms with Crippen LogP contribution >= 0.6 is 11.3 Å². The average Bonchev–Trinajstić information content (AvgIpc) is 2.73. The van der Waals surface area contributed by atoms with Crippen molar-refractivity contribution < 1.29 is 13.2 Å². The summed E-state index contributed by atoms with van der Waals surface area (Å²) in [5.41, 5.74) is 0. The first-order valence-corrected chi connectivity index (χ1v) is 9.47. The molecule has 2 heterocycles. The molecule has 1 aromatic heterocycles. The highest BCUT2D eigenvalue weighted by Gasteiger charge is 2.15. The number of hydrogen-bond donors (Lipinski definition) is 2. The van der Waals surface area contributed by atoms with Crippen molar-refractivity contribution in [2.24, 2.45) is 5.14 Å². The Hall–Kier alpha value is -1.12. The molecule has 0 aliphatic carbocycles. The molecule has 1 aromatic rings. The molecule has 0 radical (unpaired) electrons. The maximum absolute atomic E-state index is 12.0. The number of urea groups is 1. The number of nitrogens with zero attached hydrogens (tertiary/aromatic N) is 1. The third-order valence-electron chi connectivity index (χ3n) is 3.46. The number of nitrogens with one attached hydrogen (secondary N) is 1. The molecule has 6 nitrogen and oxygen atoms in total. The van der Waals surface area contributed by atoms with Gasteiger partial charge in [-0.05, 0) is 31.4 Å². The van der Waals surface area contributed by atoms with E-state index in [4.69, 9.17) is 5.14 Å². The van der Waals surface area contributed by atoms with Gasteiger partial charge in [0.1, 0.15) is 4.21 Å². The van der Waals surface area contributed by atoms with Gasteiger partial charge in [0.25, 0.3) is 0 Å². The van der Waals surface area contributed by atoms with E-state index < -0.39 is 10.0 Å². The zero-order valence-corrected chi connectivity index (χ0v) is 13.5. The van der Waals surface area contributed by atoms with E-state index in [-0.39, 0.29) is 10.2 Å². The summed E-state index contributed by atoms with van der Waals surface area (Å²) in [5, 5.41) is 7.96. The van der Waals surface area contributed by atoms with E-state index >= 15 is 0 Å². The number of amides is 2. The summed E-state index contributed by atoms with van der Waals surface area (Å²) < 4.78 is 22.5. The van der Waals surface area contributed by atoms with Gasteiger partial charge in [0.05, 0.1) is 0 Å². The molecule has 1 aliphatic rings. The fraction of sp³-hybridized carbons (Fsp3) is 0.615. The van der Waals surface area contributed by atoms with Crippen molar-refractivity contribution in [3.63, 3.8) is 0 Å². The minimum Gasteiger partial charge on any atom is -0.338 e. The van der Waals surface area contributed by atoms with Crippen molar-refractivity contribution in [3.05, 3.63) is 17.0 Å². The van der Waals surface area contributed by atoms with Crippen LogP contribution in [0.1, 0.15) is 30.6 Å². The molecule has 0 aromatic carbocycles. The molecule has 1 saturated heterocycles. The Kier molecular flexibility index (Phi) is 5.60. The molecule has 0 atom stereocenters. The van der Waals surface area contributed by atoms with Crippen LogP contribution in [0.25, 0.3) is 0 Å². The first-order chi connectivity index (χ1) is 9.97. The number of nitrogens with two attached hydrogens (primary N) is 1. The normalized spacial score (nSPS) is 16.5. The number of carbonyl (C=O) groups excluding carboxylic acids is 1. The molecule has 2 rings (SSSR count). The van der Waals surface area contributed by atoms with Crippen molar-refractivity contribution in [1.82, 2.24) is 10.2 Å². The van der Waals surface area contributed by atoms with E-state index in [2.05, 4.69) is 5.32 Å². The molecular weight excluding hydrogens is 310 g/mol. The molecule has 8 heteroatoms. The molecule has 3 N–H and O–H groups in total. The standard InChI is InChI=1S/C13H21N3O3S2/c14-21(18,19)12-6-5-11(20-12)7-8-15-13(17)16-9-3-1-2-4-10-16/h5-6H,1-4,7-10H2,(H,15,17)(H2,14,18,19). The van der Waals surface area contributed by atoms with Gasteiger partial charge in [-0.1, -0.05) is 12.8 Å². The minimum atomic E-state index is -3.62. The van der Waals surface area contributed by atoms with Crippen molar-refractivity contribution in [2.75, 3.05) is 19.6 Å². The van der Waals surface area contributed by atoms with Crippen LogP contribution in [0.2, 0.25) is 0 Å². The van der Waals surface area contributed by atoms with Crippen molar-refractivity contribution >= 4 is 27.4 Å². The minimum absolute atomic E-state index is 0.0277. The van der Waals surface area contributed by atoms with Crippen molar-refractivity contribution in [3.8, 4) is 0 Å². The van der Waals surface area contributed by atoms with E-state index in [0.717, 1.165) is 42.1 Å². The molecule has 118 valence electrons. The predicted octanol–water partition coefficient (Wildman–Crippen LogP) is 1.52. The maximum Gasteiger partial charge on any atom is 0.317 e. The van der Waals surface area contributed by atoms with Gasteiger partial charge in [-0.15, -0.1) is 11.3 Å². The lowest BCUT2D eigenvalue weighted by Crippen LogP contribution is -2.41. The second kappa shape index (κ2) is 7.24. The fourth-order valence-electron chi connectivity index (χ4n) is 2.32. The molecule has 1 fully saturated rings. The molecule has 0 spiro atoms. The van der Waals surface area contributed by atoms with Gasteiger partial charge < -0.3 is 10.2 Å². The number of rotatable bonds is 4. The zero-order valence-electron chi connectivity index (χ0n) is 11.9. The van der Waals surface area contributed by atoms with Crippen molar-refractivity contribution in [1.29, 1.82) is 0 Å². The molecule has 0 saturated carbocycles. The molecular formula is C13H21N3O3S2. The Balaban J connectivity index is 1.78. The smallest absolute Gasteiger partial charge is 0.317 e. The summed E-state index contributed by atoms with van der Waals surface area (Å²) in [6.07, 6.45) is 5.12. The Bertz CT molecular complexity index is 575. The highest BCUT2D eigenvalue weighted by molar-refractivity contribution is 7.91. The number of carbonyl (C=O) groups is 1. The van der Waals surface area contributed by atoms with Gasteiger partial charge in [-0.3, -0.25) is 0 Å². The summed E-state index contributed by atoms with van der Waals surface area (Å²) in [6.45, 7) is 2.14. The van der Waals surface area contributed by atoms with Gasteiger partial charge in [0, 0.05) is 24.5 Å². The molecule has 2 amide bonds. The monoisotopic (exact) mass is 331 g/mol. The average molecular weight is 331 g/mol. The number of thiophene rings is 1. The number of primary sulfonamides is 1. The lowest BCUT2D eigenvalue weighted by molar-refractivity contribution is 0.200. The Morgan fingerprint density at radius 1 is 1.24 bits per heavy atom. The third-order valence-corrected chi connectivity index (χ3v) is 6.04. The molecule has 21 heavy (non-hydrogen) atoms. The van der Waals surface area contributed by atoms with Crippen LogP contribution in [-0.2, 0) is 16.4 Å². The summed E-state index contributed by atoms with van der Waals surface area (Å²) in [6, 6.07) is 3.22. The van der Waals surface area contributed by atoms with Crippen LogP contribution in [0.3, 0.4) is 0 Å². The predicted molar refractivity (Wildman–Crippen MR) is 82.8 cm³/mol. The summed E-state index contributed by atoms with van der Waals surface area (Å²) in [7, 11) is -3.62. The Morgan fingerprint density at radius 3 is 2.48 bits per heavy atom. The molecule has 0 bridgehead atoms. The van der Waals surface area contributed by atoms with E-state index in [1.807, 2.05) is 4.90 Å². The van der Waals surface area contributed by atoms with E-state index in [9.17, 15) is 13.2 Å². The van der Waals surface area contributed by atoms with Crippen LogP contribution in [0.4, 0.5) is 4.79 Å². The van der Waals surface area contributed by atoms with E-state index in [1.165, 1.54) is 18.9 Å². The topological polar surface area (TPSA) is 92.5 Å². The van der Waals surface area contributed by atoms with Crippen LogP contribution in [-0.4, -0.2) is 39.0 Å². The SMILES string of the molecule is NS(=O)(=O)c1ccc(CCNC(=O)N2CCCCCC2)s1. The van der Waals surface area contributed by atoms with Crippen LogP contribution in [0.15, 0.2) is 16.3 Å². The Morgan fingerprint density at radius 2 is 1.90 bits per heavy atom. The number of likely N-dealkylation sites (tertiary alicyclic amines) is 1. The quantitative estimate of drug-likeness (QED) is 0.876. The zero-order chi connectivity index (χ0) is 15.3. The molecule has 0 unspecified atom stereocenters. The third kappa shape index (κ3) is 4.98. The van der Waals surface area contributed by atoms with Crippen molar-refractivity contribution in [2.45, 2.75) is 36.3 Å². The summed E-state index contributed by atoms with van der Waals surface area (Å²) >= 11 is 1.15. The van der Waals surface area contributed by atoms with Crippen LogP contribution in [0.5, 0.6) is 0 Å². The molecule has 1 aliphatic heterocycles. The highest BCUT2D eigenvalue weighted by Crippen LogP contribution is 2.20. The van der Waals surface area contributed by atoms with Gasteiger partial charge in [0.2, 0.25) is 10.0 Å².